The van der Waals surface area contributed by atoms with E-state index in [0.29, 0.717) is 22.9 Å². The van der Waals surface area contributed by atoms with Gasteiger partial charge in [0.25, 0.3) is 0 Å². The SMILES string of the molecule is COc1ccnc(COc2c(C)ccc(N)c2C)c1OC. The van der Waals surface area contributed by atoms with Crippen molar-refractivity contribution in [1.82, 2.24) is 4.98 Å². The molecule has 2 rings (SSSR count). The molecule has 0 spiro atoms. The first-order chi connectivity index (χ1) is 10.1. The second kappa shape index (κ2) is 6.35. The van der Waals surface area contributed by atoms with E-state index in [4.69, 9.17) is 19.9 Å². The Morgan fingerprint density at radius 3 is 2.48 bits per heavy atom. The monoisotopic (exact) mass is 288 g/mol. The fourth-order valence-corrected chi connectivity index (χ4v) is 2.16. The van der Waals surface area contributed by atoms with Gasteiger partial charge in [-0.3, -0.25) is 4.98 Å². The summed E-state index contributed by atoms with van der Waals surface area (Å²) in [6, 6.07) is 5.56. The second-order valence-corrected chi connectivity index (χ2v) is 4.71. The Kier molecular flexibility index (Phi) is 4.52. The lowest BCUT2D eigenvalue weighted by Crippen LogP contribution is -2.05. The second-order valence-electron chi connectivity index (χ2n) is 4.71. The maximum Gasteiger partial charge on any atom is 0.185 e. The molecule has 0 aliphatic carbocycles. The van der Waals surface area contributed by atoms with E-state index >= 15 is 0 Å². The van der Waals surface area contributed by atoms with Crippen LogP contribution < -0.4 is 19.9 Å². The van der Waals surface area contributed by atoms with Gasteiger partial charge in [-0.05, 0) is 25.5 Å². The van der Waals surface area contributed by atoms with Crippen LogP contribution in [0.25, 0.3) is 0 Å². The van der Waals surface area contributed by atoms with E-state index in [9.17, 15) is 0 Å². The van der Waals surface area contributed by atoms with Gasteiger partial charge in [-0.1, -0.05) is 6.07 Å². The van der Waals surface area contributed by atoms with Crippen LogP contribution >= 0.6 is 0 Å². The van der Waals surface area contributed by atoms with E-state index < -0.39 is 0 Å². The van der Waals surface area contributed by atoms with Crippen LogP contribution in [0.1, 0.15) is 16.8 Å². The van der Waals surface area contributed by atoms with Crippen LogP contribution in [0.15, 0.2) is 24.4 Å². The van der Waals surface area contributed by atoms with Gasteiger partial charge in [-0.25, -0.2) is 0 Å². The van der Waals surface area contributed by atoms with Crippen LogP contribution in [-0.4, -0.2) is 19.2 Å². The van der Waals surface area contributed by atoms with Crippen molar-refractivity contribution in [3.8, 4) is 17.2 Å². The first-order valence-electron chi connectivity index (χ1n) is 6.62. The van der Waals surface area contributed by atoms with Crippen molar-refractivity contribution in [2.75, 3.05) is 20.0 Å². The van der Waals surface area contributed by atoms with Gasteiger partial charge in [0, 0.05) is 23.5 Å². The fourth-order valence-electron chi connectivity index (χ4n) is 2.16. The molecular formula is C16H20N2O3. The Bertz CT molecular complexity index is 642. The number of nitrogens with two attached hydrogens (primary N) is 1. The molecule has 0 fully saturated rings. The van der Waals surface area contributed by atoms with Gasteiger partial charge in [0.1, 0.15) is 18.1 Å². The zero-order chi connectivity index (χ0) is 15.4. The number of ether oxygens (including phenoxy) is 3. The molecule has 2 N–H and O–H groups in total. The minimum absolute atomic E-state index is 0.283. The highest BCUT2D eigenvalue weighted by atomic mass is 16.5. The third-order valence-electron chi connectivity index (χ3n) is 3.36. The van der Waals surface area contributed by atoms with E-state index in [2.05, 4.69) is 4.98 Å². The van der Waals surface area contributed by atoms with Crippen LogP contribution in [0, 0.1) is 13.8 Å². The summed E-state index contributed by atoms with van der Waals surface area (Å²) >= 11 is 0. The first-order valence-corrected chi connectivity index (χ1v) is 6.62. The predicted octanol–water partition coefficient (Wildman–Crippen LogP) is 2.88. The van der Waals surface area contributed by atoms with Crippen molar-refractivity contribution < 1.29 is 14.2 Å². The zero-order valence-electron chi connectivity index (χ0n) is 12.8. The van der Waals surface area contributed by atoms with Crippen LogP contribution in [0.2, 0.25) is 0 Å². The zero-order valence-corrected chi connectivity index (χ0v) is 12.8. The van der Waals surface area contributed by atoms with Crippen molar-refractivity contribution in [2.24, 2.45) is 0 Å². The lowest BCUT2D eigenvalue weighted by atomic mass is 10.1. The maximum atomic E-state index is 5.92. The molecule has 21 heavy (non-hydrogen) atoms. The summed E-state index contributed by atoms with van der Waals surface area (Å²) in [5.41, 5.74) is 9.27. The number of aromatic nitrogens is 1. The van der Waals surface area contributed by atoms with Crippen molar-refractivity contribution in [3.63, 3.8) is 0 Å². The minimum Gasteiger partial charge on any atom is -0.493 e. The summed E-state index contributed by atoms with van der Waals surface area (Å²) in [7, 11) is 3.18. The van der Waals surface area contributed by atoms with E-state index in [1.165, 1.54) is 0 Å². The highest BCUT2D eigenvalue weighted by Gasteiger charge is 2.13. The highest BCUT2D eigenvalue weighted by Crippen LogP contribution is 2.32. The summed E-state index contributed by atoms with van der Waals surface area (Å²) < 4.78 is 16.5. The number of hydrogen-bond donors (Lipinski definition) is 1. The molecule has 0 saturated carbocycles. The Morgan fingerprint density at radius 2 is 1.81 bits per heavy atom. The van der Waals surface area contributed by atoms with Crippen LogP contribution in [0.4, 0.5) is 5.69 Å². The smallest absolute Gasteiger partial charge is 0.185 e. The molecule has 1 aromatic heterocycles. The summed E-state index contributed by atoms with van der Waals surface area (Å²) in [5.74, 6) is 1.99. The Morgan fingerprint density at radius 1 is 1.05 bits per heavy atom. The van der Waals surface area contributed by atoms with Gasteiger partial charge >= 0.3 is 0 Å². The van der Waals surface area contributed by atoms with Crippen molar-refractivity contribution in [2.45, 2.75) is 20.5 Å². The third kappa shape index (κ3) is 3.02. The largest absolute Gasteiger partial charge is 0.493 e. The molecule has 112 valence electrons. The van der Waals surface area contributed by atoms with Crippen molar-refractivity contribution >= 4 is 5.69 Å². The van der Waals surface area contributed by atoms with Gasteiger partial charge in [-0.15, -0.1) is 0 Å². The Balaban J connectivity index is 2.27. The number of rotatable bonds is 5. The number of hydrogen-bond acceptors (Lipinski definition) is 5. The Labute approximate surface area is 124 Å². The van der Waals surface area contributed by atoms with Gasteiger partial charge in [0.05, 0.1) is 14.2 Å². The molecule has 2 aromatic rings. The third-order valence-corrected chi connectivity index (χ3v) is 3.36. The lowest BCUT2D eigenvalue weighted by Gasteiger charge is -2.15. The van der Waals surface area contributed by atoms with Gasteiger partial charge < -0.3 is 19.9 Å². The van der Waals surface area contributed by atoms with E-state index in [1.54, 1.807) is 26.5 Å². The summed E-state index contributed by atoms with van der Waals surface area (Å²) in [4.78, 5) is 4.29. The minimum atomic E-state index is 0.283. The highest BCUT2D eigenvalue weighted by molar-refractivity contribution is 5.56. The molecule has 1 heterocycles. The molecule has 0 unspecified atom stereocenters. The number of aryl methyl sites for hydroxylation is 1. The number of nitrogens with zero attached hydrogens (tertiary/aromatic N) is 1. The lowest BCUT2D eigenvalue weighted by molar-refractivity contribution is 0.282. The molecule has 5 heteroatoms. The van der Waals surface area contributed by atoms with Gasteiger partial charge in [-0.2, -0.15) is 0 Å². The summed E-state index contributed by atoms with van der Waals surface area (Å²) in [5, 5.41) is 0. The molecule has 0 atom stereocenters. The van der Waals surface area contributed by atoms with Gasteiger partial charge in [0.2, 0.25) is 0 Å². The van der Waals surface area contributed by atoms with Crippen LogP contribution in [-0.2, 0) is 6.61 Å². The van der Waals surface area contributed by atoms with Crippen LogP contribution in [0.5, 0.6) is 17.2 Å². The molecule has 0 saturated heterocycles. The normalized spacial score (nSPS) is 10.3. The number of benzene rings is 1. The average Bonchev–Trinajstić information content (AvgIpc) is 2.50. The molecule has 0 aliphatic heterocycles. The molecule has 1 aromatic carbocycles. The molecule has 0 radical (unpaired) electrons. The molecule has 5 nitrogen and oxygen atoms in total. The number of nitrogen functional groups attached to an aromatic ring is 1. The number of anilines is 1. The van der Waals surface area contributed by atoms with Crippen molar-refractivity contribution in [3.05, 3.63) is 41.2 Å². The quantitative estimate of drug-likeness (QED) is 0.857. The van der Waals surface area contributed by atoms with Crippen molar-refractivity contribution in [1.29, 1.82) is 0 Å². The standard InChI is InChI=1S/C16H20N2O3/c1-10-5-6-12(17)11(2)15(10)21-9-13-16(20-4)14(19-3)7-8-18-13/h5-8H,9,17H2,1-4H3. The van der Waals surface area contributed by atoms with Gasteiger partial charge in [0.15, 0.2) is 11.5 Å². The van der Waals surface area contributed by atoms with E-state index in [-0.39, 0.29) is 6.61 Å². The molecule has 0 amide bonds. The number of pyridine rings is 1. The van der Waals surface area contributed by atoms with E-state index in [1.807, 2.05) is 26.0 Å². The predicted molar refractivity (Wildman–Crippen MR) is 82.0 cm³/mol. The summed E-state index contributed by atoms with van der Waals surface area (Å²) in [6.07, 6.45) is 1.67. The van der Waals surface area contributed by atoms with E-state index in [0.717, 1.165) is 16.9 Å². The maximum absolute atomic E-state index is 5.92. The first kappa shape index (κ1) is 15.0. The molecular weight excluding hydrogens is 268 g/mol. The number of methoxy groups -OCH3 is 2. The fraction of sp³-hybridized carbons (Fsp3) is 0.312. The van der Waals surface area contributed by atoms with Crippen LogP contribution in [0.3, 0.4) is 0 Å². The molecule has 0 bridgehead atoms. The molecule has 0 aliphatic rings. The average molecular weight is 288 g/mol. The topological polar surface area (TPSA) is 66.6 Å². The summed E-state index contributed by atoms with van der Waals surface area (Å²) in [6.45, 7) is 4.21. The Hall–Kier alpha value is -2.43.